The Kier molecular flexibility index (Phi) is 3.42. The van der Waals surface area contributed by atoms with E-state index in [1.165, 1.54) is 12.1 Å². The summed E-state index contributed by atoms with van der Waals surface area (Å²) in [5.41, 5.74) is -0.961. The highest BCUT2D eigenvalue weighted by Crippen LogP contribution is 2.34. The summed E-state index contributed by atoms with van der Waals surface area (Å²) in [7, 11) is 0. The first-order valence-corrected chi connectivity index (χ1v) is 5.33. The maximum absolute atomic E-state index is 11.0. The van der Waals surface area contributed by atoms with E-state index in [2.05, 4.69) is 0 Å². The third kappa shape index (κ3) is 2.68. The van der Waals surface area contributed by atoms with Crippen LogP contribution in [0.15, 0.2) is 48.5 Å². The van der Waals surface area contributed by atoms with Gasteiger partial charge in [-0.15, -0.1) is 0 Å². The summed E-state index contributed by atoms with van der Waals surface area (Å²) in [4.78, 5) is 21.2. The monoisotopic (exact) mass is 259 g/mol. The Hall–Kier alpha value is -2.89. The van der Waals surface area contributed by atoms with Crippen molar-refractivity contribution in [1.82, 2.24) is 0 Å². The van der Waals surface area contributed by atoms with Crippen molar-refractivity contribution in [3.8, 4) is 11.5 Å². The molecule has 0 unspecified atom stereocenters. The van der Waals surface area contributed by atoms with Gasteiger partial charge in [-0.05, 0) is 24.3 Å². The minimum atomic E-state index is -1.37. The standard InChI is InChI=1S/C13H9NO5/c15-13(16)10-7-4-8-11(12(10)14(17)18)19-9-5-2-1-3-6-9/h1-8H,(H,15,16). The Morgan fingerprint density at radius 2 is 1.79 bits per heavy atom. The molecule has 19 heavy (non-hydrogen) atoms. The Bertz CT molecular complexity index is 624. The average Bonchev–Trinajstić information content (AvgIpc) is 2.39. The molecule has 1 N–H and O–H groups in total. The van der Waals surface area contributed by atoms with Crippen molar-refractivity contribution in [1.29, 1.82) is 0 Å². The molecule has 0 fully saturated rings. The summed E-state index contributed by atoms with van der Waals surface area (Å²) in [5, 5.41) is 19.9. The molecule has 0 bridgehead atoms. The first-order chi connectivity index (χ1) is 9.09. The van der Waals surface area contributed by atoms with Crippen LogP contribution < -0.4 is 4.74 Å². The predicted molar refractivity (Wildman–Crippen MR) is 66.6 cm³/mol. The molecule has 0 aliphatic carbocycles. The van der Waals surface area contributed by atoms with Gasteiger partial charge in [-0.3, -0.25) is 10.1 Å². The summed E-state index contributed by atoms with van der Waals surface area (Å²) < 4.78 is 5.36. The van der Waals surface area contributed by atoms with Crippen molar-refractivity contribution in [2.75, 3.05) is 0 Å². The topological polar surface area (TPSA) is 89.7 Å². The van der Waals surface area contributed by atoms with Crippen LogP contribution in [0.3, 0.4) is 0 Å². The lowest BCUT2D eigenvalue weighted by Gasteiger charge is -2.07. The van der Waals surface area contributed by atoms with Crippen LogP contribution in [0.2, 0.25) is 0 Å². The number of benzene rings is 2. The van der Waals surface area contributed by atoms with E-state index in [1.807, 2.05) is 0 Å². The van der Waals surface area contributed by atoms with E-state index in [4.69, 9.17) is 9.84 Å². The largest absolute Gasteiger partial charge is 0.477 e. The molecule has 0 radical (unpaired) electrons. The number of nitrogens with zero attached hydrogens (tertiary/aromatic N) is 1. The SMILES string of the molecule is O=C(O)c1cccc(Oc2ccccc2)c1[N+](=O)[O-]. The molecule has 0 spiro atoms. The molecule has 0 aromatic heterocycles. The molecule has 0 atom stereocenters. The molecule has 96 valence electrons. The quantitative estimate of drug-likeness (QED) is 0.673. The molecule has 2 aromatic rings. The van der Waals surface area contributed by atoms with Crippen LogP contribution in [0, 0.1) is 10.1 Å². The molecule has 0 saturated carbocycles. The van der Waals surface area contributed by atoms with E-state index in [-0.39, 0.29) is 5.75 Å². The Labute approximate surface area is 108 Å². The number of hydrogen-bond acceptors (Lipinski definition) is 4. The van der Waals surface area contributed by atoms with Gasteiger partial charge in [0.2, 0.25) is 5.75 Å². The maximum Gasteiger partial charge on any atom is 0.342 e. The molecular weight excluding hydrogens is 250 g/mol. The number of nitro benzene ring substituents is 1. The normalized spacial score (nSPS) is 9.89. The molecular formula is C13H9NO5. The number of ether oxygens (including phenoxy) is 1. The second-order valence-corrected chi connectivity index (χ2v) is 3.63. The van der Waals surface area contributed by atoms with E-state index in [1.54, 1.807) is 30.3 Å². The fourth-order valence-corrected chi connectivity index (χ4v) is 1.58. The Balaban J connectivity index is 2.48. The lowest BCUT2D eigenvalue weighted by Crippen LogP contribution is -2.04. The number of para-hydroxylation sites is 2. The molecule has 6 heteroatoms. The predicted octanol–water partition coefficient (Wildman–Crippen LogP) is 3.09. The second-order valence-electron chi connectivity index (χ2n) is 3.63. The van der Waals surface area contributed by atoms with Crippen molar-refractivity contribution < 1.29 is 19.6 Å². The number of carbonyl (C=O) groups is 1. The lowest BCUT2D eigenvalue weighted by molar-refractivity contribution is -0.386. The third-order valence-corrected chi connectivity index (χ3v) is 2.38. The van der Waals surface area contributed by atoms with Crippen LogP contribution in [-0.2, 0) is 0 Å². The smallest absolute Gasteiger partial charge is 0.342 e. The molecule has 0 heterocycles. The van der Waals surface area contributed by atoms with Crippen molar-refractivity contribution in [3.63, 3.8) is 0 Å². The zero-order valence-corrected chi connectivity index (χ0v) is 9.65. The van der Waals surface area contributed by atoms with Gasteiger partial charge in [-0.2, -0.15) is 0 Å². The van der Waals surface area contributed by atoms with Crippen molar-refractivity contribution >= 4 is 11.7 Å². The summed E-state index contributed by atoms with van der Waals surface area (Å²) >= 11 is 0. The van der Waals surface area contributed by atoms with Crippen molar-refractivity contribution in [2.45, 2.75) is 0 Å². The van der Waals surface area contributed by atoms with Crippen LogP contribution in [0.5, 0.6) is 11.5 Å². The number of carboxylic acid groups (broad SMARTS) is 1. The summed E-state index contributed by atoms with van der Waals surface area (Å²) in [6, 6.07) is 12.4. The van der Waals surface area contributed by atoms with E-state index in [9.17, 15) is 14.9 Å². The van der Waals surface area contributed by atoms with Gasteiger partial charge < -0.3 is 9.84 Å². The summed E-state index contributed by atoms with van der Waals surface area (Å²) in [6.45, 7) is 0. The average molecular weight is 259 g/mol. The van der Waals surface area contributed by atoms with Crippen LogP contribution >= 0.6 is 0 Å². The minimum Gasteiger partial charge on any atom is -0.477 e. The molecule has 0 saturated heterocycles. The highest BCUT2D eigenvalue weighted by atomic mass is 16.6. The first kappa shape index (κ1) is 12.6. The molecule has 0 aliphatic rings. The molecule has 6 nitrogen and oxygen atoms in total. The van der Waals surface area contributed by atoms with E-state index in [0.717, 1.165) is 6.07 Å². The van der Waals surface area contributed by atoms with E-state index < -0.39 is 22.1 Å². The number of carboxylic acids is 1. The van der Waals surface area contributed by atoms with Crippen LogP contribution in [0.1, 0.15) is 10.4 Å². The Morgan fingerprint density at radius 3 is 2.37 bits per heavy atom. The van der Waals surface area contributed by atoms with Crippen LogP contribution in [0.25, 0.3) is 0 Å². The number of rotatable bonds is 4. The fourth-order valence-electron chi connectivity index (χ4n) is 1.58. The zero-order valence-electron chi connectivity index (χ0n) is 9.65. The van der Waals surface area contributed by atoms with Gasteiger partial charge in [0.15, 0.2) is 0 Å². The minimum absolute atomic E-state index is 0.101. The number of hydrogen-bond donors (Lipinski definition) is 1. The molecule has 2 rings (SSSR count). The van der Waals surface area contributed by atoms with Gasteiger partial charge in [-0.25, -0.2) is 4.79 Å². The lowest BCUT2D eigenvalue weighted by atomic mass is 10.1. The van der Waals surface area contributed by atoms with E-state index in [0.29, 0.717) is 5.75 Å². The van der Waals surface area contributed by atoms with Crippen molar-refractivity contribution in [2.24, 2.45) is 0 Å². The second kappa shape index (κ2) is 5.18. The van der Waals surface area contributed by atoms with Crippen LogP contribution in [0.4, 0.5) is 5.69 Å². The van der Waals surface area contributed by atoms with E-state index >= 15 is 0 Å². The third-order valence-electron chi connectivity index (χ3n) is 2.38. The molecule has 0 aliphatic heterocycles. The van der Waals surface area contributed by atoms with Gasteiger partial charge >= 0.3 is 11.7 Å². The van der Waals surface area contributed by atoms with Gasteiger partial charge in [0.25, 0.3) is 0 Å². The highest BCUT2D eigenvalue weighted by molar-refractivity contribution is 5.93. The maximum atomic E-state index is 11.0. The highest BCUT2D eigenvalue weighted by Gasteiger charge is 2.25. The summed E-state index contributed by atoms with van der Waals surface area (Å²) in [6.07, 6.45) is 0. The summed E-state index contributed by atoms with van der Waals surface area (Å²) in [5.74, 6) is -1.07. The van der Waals surface area contributed by atoms with Crippen molar-refractivity contribution in [3.05, 3.63) is 64.2 Å². The molecule has 0 amide bonds. The zero-order chi connectivity index (χ0) is 13.8. The number of aromatic carboxylic acids is 1. The fraction of sp³-hybridized carbons (Fsp3) is 0. The first-order valence-electron chi connectivity index (χ1n) is 5.33. The Morgan fingerprint density at radius 1 is 1.11 bits per heavy atom. The number of nitro groups is 1. The van der Waals surface area contributed by atoms with Gasteiger partial charge in [-0.1, -0.05) is 24.3 Å². The molecule has 2 aromatic carbocycles. The van der Waals surface area contributed by atoms with Gasteiger partial charge in [0, 0.05) is 0 Å². The van der Waals surface area contributed by atoms with Gasteiger partial charge in [0.05, 0.1) is 4.92 Å². The van der Waals surface area contributed by atoms with Gasteiger partial charge in [0.1, 0.15) is 11.3 Å². The van der Waals surface area contributed by atoms with Crippen LogP contribution in [-0.4, -0.2) is 16.0 Å².